The van der Waals surface area contributed by atoms with Gasteiger partial charge in [-0.15, -0.1) is 0 Å². The van der Waals surface area contributed by atoms with Gasteiger partial charge in [-0.1, -0.05) is 24.3 Å². The van der Waals surface area contributed by atoms with Crippen molar-refractivity contribution in [1.29, 1.82) is 0 Å². The minimum atomic E-state index is -1.14. The molecule has 162 valence electrons. The Bertz CT molecular complexity index is 993. The molecule has 3 rings (SSSR count). The van der Waals surface area contributed by atoms with E-state index in [0.717, 1.165) is 0 Å². The average Bonchev–Trinajstić information content (AvgIpc) is 3.24. The number of carboxylic acids is 1. The number of thioether (sulfide) groups is 1. The van der Waals surface area contributed by atoms with Gasteiger partial charge in [-0.25, -0.2) is 4.79 Å². The van der Waals surface area contributed by atoms with Crippen LogP contribution in [0.4, 0.5) is 0 Å². The number of carbonyl (C=O) groups excluding carboxylic acids is 2. The quantitative estimate of drug-likeness (QED) is 0.511. The van der Waals surface area contributed by atoms with Gasteiger partial charge in [0, 0.05) is 5.56 Å². The second kappa shape index (κ2) is 10.5. The van der Waals surface area contributed by atoms with E-state index in [0.29, 0.717) is 28.4 Å². The fraction of sp³-hybridized carbons (Fsp3) is 0.227. The number of fused-ring (bicyclic) bond motifs is 1. The SMILES string of the molecule is CSCCC(NC(=O)/C(=C\c1ccc2c(c1)OCO2)NC(=O)c1ccccc1)C(=O)O. The third-order valence-electron chi connectivity index (χ3n) is 4.45. The number of ether oxygens (including phenoxy) is 2. The lowest BCUT2D eigenvalue weighted by Crippen LogP contribution is -2.44. The number of hydrogen-bond donors (Lipinski definition) is 3. The smallest absolute Gasteiger partial charge is 0.326 e. The van der Waals surface area contributed by atoms with Crippen molar-refractivity contribution in [1.82, 2.24) is 10.6 Å². The lowest BCUT2D eigenvalue weighted by atomic mass is 10.1. The molecule has 0 bridgehead atoms. The first-order valence-electron chi connectivity index (χ1n) is 9.48. The van der Waals surface area contributed by atoms with Gasteiger partial charge in [0.15, 0.2) is 11.5 Å². The fourth-order valence-electron chi connectivity index (χ4n) is 2.84. The summed E-state index contributed by atoms with van der Waals surface area (Å²) in [5.74, 6) is -0.659. The van der Waals surface area contributed by atoms with Gasteiger partial charge in [-0.3, -0.25) is 9.59 Å². The number of rotatable bonds is 9. The molecule has 1 heterocycles. The molecule has 2 amide bonds. The molecule has 9 heteroatoms. The predicted octanol–water partition coefficient (Wildman–Crippen LogP) is 2.51. The molecule has 1 atom stereocenters. The normalized spacial score (nSPS) is 13.4. The zero-order chi connectivity index (χ0) is 22.2. The van der Waals surface area contributed by atoms with E-state index in [-0.39, 0.29) is 18.9 Å². The molecule has 2 aromatic rings. The number of hydrogen-bond acceptors (Lipinski definition) is 6. The summed E-state index contributed by atoms with van der Waals surface area (Å²) in [6.45, 7) is 0.107. The number of amides is 2. The highest BCUT2D eigenvalue weighted by Gasteiger charge is 2.23. The Morgan fingerprint density at radius 3 is 2.58 bits per heavy atom. The zero-order valence-corrected chi connectivity index (χ0v) is 17.6. The molecule has 3 N–H and O–H groups in total. The summed E-state index contributed by atoms with van der Waals surface area (Å²) in [6.07, 6.45) is 3.57. The molecule has 1 aliphatic rings. The van der Waals surface area contributed by atoms with Crippen molar-refractivity contribution >= 4 is 35.6 Å². The van der Waals surface area contributed by atoms with Gasteiger partial charge in [0.1, 0.15) is 11.7 Å². The molecular formula is C22H22N2O6S. The largest absolute Gasteiger partial charge is 0.480 e. The lowest BCUT2D eigenvalue weighted by Gasteiger charge is -2.16. The molecule has 0 radical (unpaired) electrons. The lowest BCUT2D eigenvalue weighted by molar-refractivity contribution is -0.141. The molecule has 0 aliphatic carbocycles. The molecule has 2 aromatic carbocycles. The standard InChI is InChI=1S/C22H22N2O6S/c1-31-10-9-16(22(27)28)23-21(26)17(24-20(25)15-5-3-2-4-6-15)11-14-7-8-18-19(12-14)30-13-29-18/h2-8,11-12,16H,9-10,13H2,1H3,(H,23,26)(H,24,25)(H,27,28)/b17-11+. The first-order chi connectivity index (χ1) is 15.0. The molecule has 8 nitrogen and oxygen atoms in total. The van der Waals surface area contributed by atoms with Crippen molar-refractivity contribution in [2.45, 2.75) is 12.5 Å². The van der Waals surface area contributed by atoms with Crippen molar-refractivity contribution in [2.75, 3.05) is 18.8 Å². The van der Waals surface area contributed by atoms with Crippen molar-refractivity contribution in [3.8, 4) is 11.5 Å². The highest BCUT2D eigenvalue weighted by Crippen LogP contribution is 2.33. The van der Waals surface area contributed by atoms with Gasteiger partial charge < -0.3 is 25.2 Å². The van der Waals surface area contributed by atoms with E-state index >= 15 is 0 Å². The number of carboxylic acid groups (broad SMARTS) is 1. The Kier molecular flexibility index (Phi) is 7.55. The maximum absolute atomic E-state index is 12.9. The maximum Gasteiger partial charge on any atom is 0.326 e. The second-order valence-electron chi connectivity index (χ2n) is 6.64. The van der Waals surface area contributed by atoms with Gasteiger partial charge in [0.2, 0.25) is 6.79 Å². The van der Waals surface area contributed by atoms with Crippen molar-refractivity contribution in [3.63, 3.8) is 0 Å². The van der Waals surface area contributed by atoms with Gasteiger partial charge in [0.05, 0.1) is 0 Å². The Hall–Kier alpha value is -3.46. The van der Waals surface area contributed by atoms with Crippen LogP contribution < -0.4 is 20.1 Å². The van der Waals surface area contributed by atoms with Gasteiger partial charge in [-0.2, -0.15) is 11.8 Å². The van der Waals surface area contributed by atoms with E-state index in [1.54, 1.807) is 48.5 Å². The highest BCUT2D eigenvalue weighted by molar-refractivity contribution is 7.98. The Morgan fingerprint density at radius 2 is 1.87 bits per heavy atom. The van der Waals surface area contributed by atoms with Gasteiger partial charge in [-0.05, 0) is 54.3 Å². The summed E-state index contributed by atoms with van der Waals surface area (Å²) < 4.78 is 10.6. The van der Waals surface area contributed by atoms with Crippen LogP contribution in [0.25, 0.3) is 6.08 Å². The molecule has 1 aliphatic heterocycles. The topological polar surface area (TPSA) is 114 Å². The molecular weight excluding hydrogens is 420 g/mol. The number of benzene rings is 2. The van der Waals surface area contributed by atoms with Crippen LogP contribution in [0.5, 0.6) is 11.5 Å². The summed E-state index contributed by atoms with van der Waals surface area (Å²) in [7, 11) is 0. The third-order valence-corrected chi connectivity index (χ3v) is 5.09. The van der Waals surface area contributed by atoms with Crippen LogP contribution in [0.3, 0.4) is 0 Å². The van der Waals surface area contributed by atoms with E-state index in [1.165, 1.54) is 17.8 Å². The van der Waals surface area contributed by atoms with Crippen molar-refractivity contribution < 1.29 is 29.0 Å². The Labute approximate surface area is 183 Å². The summed E-state index contributed by atoms with van der Waals surface area (Å²) in [6, 6.07) is 12.4. The highest BCUT2D eigenvalue weighted by atomic mass is 32.2. The van der Waals surface area contributed by atoms with Gasteiger partial charge >= 0.3 is 5.97 Å². The summed E-state index contributed by atoms with van der Waals surface area (Å²) in [5, 5.41) is 14.5. The van der Waals surface area contributed by atoms with Crippen LogP contribution in [0.15, 0.2) is 54.2 Å². The molecule has 31 heavy (non-hydrogen) atoms. The molecule has 0 saturated carbocycles. The van der Waals surface area contributed by atoms with Crippen molar-refractivity contribution in [2.24, 2.45) is 0 Å². The minimum absolute atomic E-state index is 0.0804. The third kappa shape index (κ3) is 6.02. The van der Waals surface area contributed by atoms with Gasteiger partial charge in [0.25, 0.3) is 11.8 Å². The van der Waals surface area contributed by atoms with E-state index in [4.69, 9.17) is 9.47 Å². The summed E-state index contributed by atoms with van der Waals surface area (Å²) in [5.41, 5.74) is 0.867. The second-order valence-corrected chi connectivity index (χ2v) is 7.62. The molecule has 0 saturated heterocycles. The van der Waals surface area contributed by atoms with Crippen LogP contribution in [0.2, 0.25) is 0 Å². The van der Waals surface area contributed by atoms with E-state index < -0.39 is 23.8 Å². The molecule has 0 fully saturated rings. The summed E-state index contributed by atoms with van der Waals surface area (Å²) >= 11 is 1.48. The predicted molar refractivity (Wildman–Crippen MR) is 117 cm³/mol. The van der Waals surface area contributed by atoms with Crippen molar-refractivity contribution in [3.05, 3.63) is 65.4 Å². The van der Waals surface area contributed by atoms with E-state index in [9.17, 15) is 19.5 Å². The fourth-order valence-corrected chi connectivity index (χ4v) is 3.31. The minimum Gasteiger partial charge on any atom is -0.480 e. The maximum atomic E-state index is 12.9. The number of aliphatic carboxylic acids is 1. The summed E-state index contributed by atoms with van der Waals surface area (Å²) in [4.78, 5) is 37.1. The number of carbonyl (C=O) groups is 3. The Balaban J connectivity index is 1.86. The van der Waals surface area contributed by atoms with Crippen LogP contribution in [-0.4, -0.2) is 47.7 Å². The van der Waals surface area contributed by atoms with E-state index in [1.807, 2.05) is 6.26 Å². The Morgan fingerprint density at radius 1 is 1.13 bits per heavy atom. The first-order valence-corrected chi connectivity index (χ1v) is 10.9. The molecule has 0 aromatic heterocycles. The van der Waals surface area contributed by atoms with Crippen LogP contribution in [-0.2, 0) is 9.59 Å². The molecule has 0 spiro atoms. The first kappa shape index (κ1) is 22.2. The number of nitrogens with one attached hydrogen (secondary N) is 2. The monoisotopic (exact) mass is 442 g/mol. The van der Waals surface area contributed by atoms with Crippen LogP contribution in [0.1, 0.15) is 22.3 Å². The van der Waals surface area contributed by atoms with E-state index in [2.05, 4.69) is 10.6 Å². The van der Waals surface area contributed by atoms with Crippen LogP contribution >= 0.6 is 11.8 Å². The zero-order valence-electron chi connectivity index (χ0n) is 16.8. The average molecular weight is 442 g/mol. The molecule has 1 unspecified atom stereocenters. The van der Waals surface area contributed by atoms with Crippen LogP contribution in [0, 0.1) is 0 Å².